The van der Waals surface area contributed by atoms with Crippen molar-refractivity contribution < 1.29 is 24.2 Å². The number of carboxylic acid groups (broad SMARTS) is 1. The molecular formula is C19H21NO5. The Bertz CT molecular complexity index is 740. The summed E-state index contributed by atoms with van der Waals surface area (Å²) in [6.45, 7) is 4.12. The molecular weight excluding hydrogens is 322 g/mol. The van der Waals surface area contributed by atoms with Gasteiger partial charge in [-0.1, -0.05) is 29.8 Å². The van der Waals surface area contributed by atoms with Gasteiger partial charge in [-0.2, -0.15) is 0 Å². The summed E-state index contributed by atoms with van der Waals surface area (Å²) in [5.41, 5.74) is 2.58. The highest BCUT2D eigenvalue weighted by Crippen LogP contribution is 2.28. The topological polar surface area (TPSA) is 84.9 Å². The molecule has 2 rings (SSSR count). The smallest absolute Gasteiger partial charge is 0.341 e. The molecule has 0 saturated heterocycles. The third-order valence-electron chi connectivity index (χ3n) is 3.43. The van der Waals surface area contributed by atoms with Crippen LogP contribution in [0.3, 0.4) is 0 Å². The van der Waals surface area contributed by atoms with Crippen LogP contribution in [0.15, 0.2) is 42.5 Å². The fourth-order valence-corrected chi connectivity index (χ4v) is 2.17. The molecule has 0 saturated carbocycles. The van der Waals surface area contributed by atoms with Gasteiger partial charge in [-0.3, -0.25) is 4.79 Å². The lowest BCUT2D eigenvalue weighted by Gasteiger charge is -2.12. The van der Waals surface area contributed by atoms with E-state index in [9.17, 15) is 9.59 Å². The number of ether oxygens (including phenoxy) is 2. The molecule has 1 amide bonds. The van der Waals surface area contributed by atoms with E-state index < -0.39 is 12.6 Å². The van der Waals surface area contributed by atoms with Crippen LogP contribution in [0, 0.1) is 6.92 Å². The van der Waals surface area contributed by atoms with Gasteiger partial charge in [0, 0.05) is 12.1 Å². The van der Waals surface area contributed by atoms with Crippen molar-refractivity contribution in [3.8, 4) is 11.5 Å². The number of hydrogen-bond donors (Lipinski definition) is 2. The summed E-state index contributed by atoms with van der Waals surface area (Å²) in [4.78, 5) is 22.9. The molecule has 6 nitrogen and oxygen atoms in total. The van der Waals surface area contributed by atoms with Gasteiger partial charge in [-0.15, -0.1) is 0 Å². The molecule has 0 bridgehead atoms. The minimum absolute atomic E-state index is 0.244. The van der Waals surface area contributed by atoms with Crippen molar-refractivity contribution in [2.24, 2.45) is 0 Å². The zero-order valence-electron chi connectivity index (χ0n) is 14.2. The first-order valence-corrected chi connectivity index (χ1v) is 7.94. The van der Waals surface area contributed by atoms with E-state index in [2.05, 4.69) is 5.32 Å². The largest absolute Gasteiger partial charge is 0.490 e. The number of carbonyl (C=O) groups excluding carboxylic acids is 1. The summed E-state index contributed by atoms with van der Waals surface area (Å²) in [7, 11) is 0. The number of amides is 1. The average Bonchev–Trinajstić information content (AvgIpc) is 2.60. The molecule has 0 aromatic heterocycles. The van der Waals surface area contributed by atoms with Crippen LogP contribution in [0.5, 0.6) is 11.5 Å². The molecule has 0 atom stereocenters. The maximum Gasteiger partial charge on any atom is 0.341 e. The molecule has 2 aromatic carbocycles. The molecule has 2 N–H and O–H groups in total. The molecule has 0 spiro atoms. The average molecular weight is 343 g/mol. The highest BCUT2D eigenvalue weighted by molar-refractivity contribution is 5.94. The molecule has 0 fully saturated rings. The van der Waals surface area contributed by atoms with Gasteiger partial charge in [0.1, 0.15) is 0 Å². The molecule has 2 aromatic rings. The molecule has 6 heteroatoms. The minimum Gasteiger partial charge on any atom is -0.490 e. The first-order chi connectivity index (χ1) is 12.0. The van der Waals surface area contributed by atoms with Crippen LogP contribution in [-0.4, -0.2) is 30.2 Å². The van der Waals surface area contributed by atoms with Gasteiger partial charge in [-0.05, 0) is 37.6 Å². The van der Waals surface area contributed by atoms with Gasteiger partial charge in [-0.25, -0.2) is 4.79 Å². The van der Waals surface area contributed by atoms with E-state index in [1.807, 2.05) is 31.2 Å². The van der Waals surface area contributed by atoms with Crippen molar-refractivity contribution in [1.29, 1.82) is 0 Å². The van der Waals surface area contributed by atoms with Crippen LogP contribution in [0.2, 0.25) is 0 Å². The number of aryl methyl sites for hydroxylation is 1. The third kappa shape index (κ3) is 5.53. The van der Waals surface area contributed by atoms with E-state index in [4.69, 9.17) is 14.6 Å². The van der Waals surface area contributed by atoms with Gasteiger partial charge in [0.2, 0.25) is 0 Å². The van der Waals surface area contributed by atoms with Crippen molar-refractivity contribution in [2.45, 2.75) is 20.4 Å². The van der Waals surface area contributed by atoms with Gasteiger partial charge in [0.15, 0.2) is 18.1 Å². The van der Waals surface area contributed by atoms with Crippen LogP contribution in [0.4, 0.5) is 0 Å². The number of rotatable bonds is 8. The number of carboxylic acids is 1. The molecule has 0 unspecified atom stereocenters. The predicted octanol–water partition coefficient (Wildman–Crippen LogP) is 2.79. The minimum atomic E-state index is -1.08. The number of nitrogens with one attached hydrogen (secondary N) is 1. The van der Waals surface area contributed by atoms with Crippen LogP contribution >= 0.6 is 0 Å². The Morgan fingerprint density at radius 3 is 2.40 bits per heavy atom. The van der Waals surface area contributed by atoms with Crippen molar-refractivity contribution in [3.05, 3.63) is 59.2 Å². The maximum atomic E-state index is 12.3. The number of hydrogen-bond acceptors (Lipinski definition) is 4. The Labute approximate surface area is 146 Å². The molecule has 0 radical (unpaired) electrons. The second-order valence-electron chi connectivity index (χ2n) is 5.45. The van der Waals surface area contributed by atoms with Gasteiger partial charge < -0.3 is 19.9 Å². The van der Waals surface area contributed by atoms with Crippen LogP contribution < -0.4 is 14.8 Å². The lowest BCUT2D eigenvalue weighted by molar-refractivity contribution is -0.139. The molecule has 25 heavy (non-hydrogen) atoms. The number of aliphatic carboxylic acids is 1. The van der Waals surface area contributed by atoms with E-state index >= 15 is 0 Å². The van der Waals surface area contributed by atoms with E-state index in [0.29, 0.717) is 30.2 Å². The fourth-order valence-electron chi connectivity index (χ4n) is 2.17. The highest BCUT2D eigenvalue weighted by atomic mass is 16.5. The van der Waals surface area contributed by atoms with E-state index in [0.717, 1.165) is 11.1 Å². The van der Waals surface area contributed by atoms with E-state index in [1.165, 1.54) is 6.07 Å². The quantitative estimate of drug-likeness (QED) is 0.770. The normalized spacial score (nSPS) is 10.2. The van der Waals surface area contributed by atoms with Crippen molar-refractivity contribution in [2.75, 3.05) is 13.2 Å². The van der Waals surface area contributed by atoms with Crippen molar-refractivity contribution >= 4 is 11.9 Å². The Morgan fingerprint density at radius 1 is 1.04 bits per heavy atom. The molecule has 0 heterocycles. The van der Waals surface area contributed by atoms with Crippen LogP contribution in [0.1, 0.15) is 28.4 Å². The standard InChI is InChI=1S/C19H21NO5/c1-3-24-17-10-15(8-9-16(17)25-12-18(21)22)19(23)20-11-14-6-4-13(2)5-7-14/h4-10H,3,11-12H2,1-2H3,(H,20,23)(H,21,22). The lowest BCUT2D eigenvalue weighted by Crippen LogP contribution is -2.22. The lowest BCUT2D eigenvalue weighted by atomic mass is 10.1. The summed E-state index contributed by atoms with van der Waals surface area (Å²) in [5, 5.41) is 11.5. The molecule has 0 aliphatic rings. The fraction of sp³-hybridized carbons (Fsp3) is 0.263. The second kappa shape index (κ2) is 8.73. The Kier molecular flexibility index (Phi) is 6.39. The first-order valence-electron chi connectivity index (χ1n) is 7.94. The SMILES string of the molecule is CCOc1cc(C(=O)NCc2ccc(C)cc2)ccc1OCC(=O)O. The second-order valence-corrected chi connectivity index (χ2v) is 5.45. The van der Waals surface area contributed by atoms with Gasteiger partial charge in [0.25, 0.3) is 5.91 Å². The Morgan fingerprint density at radius 2 is 1.76 bits per heavy atom. The summed E-state index contributed by atoms with van der Waals surface area (Å²) in [6, 6.07) is 12.6. The van der Waals surface area contributed by atoms with Gasteiger partial charge >= 0.3 is 5.97 Å². The van der Waals surface area contributed by atoms with E-state index in [1.54, 1.807) is 19.1 Å². The van der Waals surface area contributed by atoms with Gasteiger partial charge in [0.05, 0.1) is 6.61 Å². The van der Waals surface area contributed by atoms with E-state index in [-0.39, 0.29) is 5.91 Å². The zero-order valence-corrected chi connectivity index (χ0v) is 14.2. The van der Waals surface area contributed by atoms with Crippen LogP contribution in [0.25, 0.3) is 0 Å². The van der Waals surface area contributed by atoms with Crippen LogP contribution in [-0.2, 0) is 11.3 Å². The maximum absolute atomic E-state index is 12.3. The molecule has 0 aliphatic heterocycles. The number of benzene rings is 2. The monoisotopic (exact) mass is 343 g/mol. The van der Waals surface area contributed by atoms with Crippen molar-refractivity contribution in [1.82, 2.24) is 5.32 Å². The predicted molar refractivity (Wildman–Crippen MR) is 93.1 cm³/mol. The summed E-state index contributed by atoms with van der Waals surface area (Å²) >= 11 is 0. The molecule has 0 aliphatic carbocycles. The third-order valence-corrected chi connectivity index (χ3v) is 3.43. The zero-order chi connectivity index (χ0) is 18.2. The Balaban J connectivity index is 2.06. The highest BCUT2D eigenvalue weighted by Gasteiger charge is 2.12. The Hall–Kier alpha value is -3.02. The summed E-state index contributed by atoms with van der Waals surface area (Å²) in [6.07, 6.45) is 0. The summed E-state index contributed by atoms with van der Waals surface area (Å²) < 4.78 is 10.6. The van der Waals surface area contributed by atoms with Crippen molar-refractivity contribution in [3.63, 3.8) is 0 Å². The first kappa shape index (κ1) is 18.3. The summed E-state index contributed by atoms with van der Waals surface area (Å²) in [5.74, 6) is -0.695. The molecule has 132 valence electrons. The number of carbonyl (C=O) groups is 2.